The van der Waals surface area contributed by atoms with E-state index < -0.39 is 0 Å². The summed E-state index contributed by atoms with van der Waals surface area (Å²) in [6.45, 7) is 0. The first kappa shape index (κ1) is 20.0. The van der Waals surface area contributed by atoms with Crippen molar-refractivity contribution < 1.29 is 0 Å². The lowest BCUT2D eigenvalue weighted by Gasteiger charge is -2.26. The Morgan fingerprint density at radius 1 is 0.471 bits per heavy atom. The molecule has 1 nitrogen and oxygen atoms in total. The van der Waals surface area contributed by atoms with Crippen LogP contribution in [-0.4, -0.2) is 0 Å². The zero-order chi connectivity index (χ0) is 22.6. The van der Waals surface area contributed by atoms with Crippen LogP contribution in [0.1, 0.15) is 0 Å². The SMILES string of the molecule is Clc1cc(N(c2ccccc2)c2ccc3sc4ccccc4c3c2)cc2sc3ccccc3c12. The Bertz CT molecular complexity index is 1830. The summed E-state index contributed by atoms with van der Waals surface area (Å²) >= 11 is 10.6. The van der Waals surface area contributed by atoms with Gasteiger partial charge in [-0.1, -0.05) is 66.2 Å². The number of anilines is 3. The van der Waals surface area contributed by atoms with E-state index in [1.807, 2.05) is 11.3 Å². The molecule has 0 aliphatic carbocycles. The van der Waals surface area contributed by atoms with Crippen molar-refractivity contribution in [2.45, 2.75) is 0 Å². The molecule has 0 spiro atoms. The molecule has 2 heterocycles. The van der Waals surface area contributed by atoms with Crippen LogP contribution in [0.2, 0.25) is 5.02 Å². The summed E-state index contributed by atoms with van der Waals surface area (Å²) in [5, 5.41) is 5.73. The molecule has 7 aromatic rings. The molecule has 0 saturated heterocycles. The molecule has 162 valence electrons. The first-order valence-electron chi connectivity index (χ1n) is 11.1. The predicted molar refractivity (Wildman–Crippen MR) is 152 cm³/mol. The molecule has 0 unspecified atom stereocenters. The second-order valence-corrected chi connectivity index (χ2v) is 10.9. The van der Waals surface area contributed by atoms with Gasteiger partial charge in [0.1, 0.15) is 0 Å². The smallest absolute Gasteiger partial charge is 0.0519 e. The highest BCUT2D eigenvalue weighted by molar-refractivity contribution is 7.26. The van der Waals surface area contributed by atoms with Crippen LogP contribution < -0.4 is 4.90 Å². The minimum Gasteiger partial charge on any atom is -0.310 e. The average molecular weight is 492 g/mol. The summed E-state index contributed by atoms with van der Waals surface area (Å²) in [5.41, 5.74) is 3.30. The van der Waals surface area contributed by atoms with Crippen LogP contribution in [-0.2, 0) is 0 Å². The number of fused-ring (bicyclic) bond motifs is 6. The zero-order valence-electron chi connectivity index (χ0n) is 18.0. The van der Waals surface area contributed by atoms with Crippen molar-refractivity contribution in [2.75, 3.05) is 4.90 Å². The zero-order valence-corrected chi connectivity index (χ0v) is 20.4. The minimum absolute atomic E-state index is 0.785. The van der Waals surface area contributed by atoms with Crippen LogP contribution in [0.15, 0.2) is 109 Å². The molecule has 5 aromatic carbocycles. The van der Waals surface area contributed by atoms with Gasteiger partial charge < -0.3 is 4.90 Å². The lowest BCUT2D eigenvalue weighted by molar-refractivity contribution is 1.30. The largest absolute Gasteiger partial charge is 0.310 e. The van der Waals surface area contributed by atoms with Crippen molar-refractivity contribution >= 4 is 91.7 Å². The summed E-state index contributed by atoms with van der Waals surface area (Å²) in [4.78, 5) is 2.31. The fourth-order valence-corrected chi connectivity index (χ4v) is 7.42. The maximum Gasteiger partial charge on any atom is 0.0519 e. The van der Waals surface area contributed by atoms with Crippen LogP contribution in [0, 0.1) is 0 Å². The van der Waals surface area contributed by atoms with Gasteiger partial charge in [-0.05, 0) is 54.6 Å². The Balaban J connectivity index is 1.49. The Hall–Kier alpha value is -3.37. The molecule has 4 heteroatoms. The number of para-hydroxylation sites is 1. The van der Waals surface area contributed by atoms with Gasteiger partial charge >= 0.3 is 0 Å². The molecule has 0 fully saturated rings. The van der Waals surface area contributed by atoms with E-state index in [0.29, 0.717) is 0 Å². The molecule has 0 N–H and O–H groups in total. The quantitative estimate of drug-likeness (QED) is 0.237. The lowest BCUT2D eigenvalue weighted by Crippen LogP contribution is -2.09. The maximum atomic E-state index is 6.94. The first-order chi connectivity index (χ1) is 16.8. The van der Waals surface area contributed by atoms with Gasteiger partial charge in [-0.25, -0.2) is 0 Å². The van der Waals surface area contributed by atoms with Crippen molar-refractivity contribution in [1.29, 1.82) is 0 Å². The lowest BCUT2D eigenvalue weighted by atomic mass is 10.1. The van der Waals surface area contributed by atoms with Gasteiger partial charge in [-0.2, -0.15) is 0 Å². The highest BCUT2D eigenvalue weighted by Crippen LogP contribution is 2.45. The molecular formula is C30H18ClNS2. The molecule has 0 bridgehead atoms. The average Bonchev–Trinajstić information content (AvgIpc) is 3.43. The van der Waals surface area contributed by atoms with Crippen molar-refractivity contribution in [3.8, 4) is 0 Å². The fraction of sp³-hybridized carbons (Fsp3) is 0. The molecule has 34 heavy (non-hydrogen) atoms. The molecule has 0 aliphatic heterocycles. The predicted octanol–water partition coefficient (Wildman–Crippen LogP) is 10.5. The Kier molecular flexibility index (Phi) is 4.63. The molecule has 0 atom stereocenters. The van der Waals surface area contributed by atoms with E-state index >= 15 is 0 Å². The monoisotopic (exact) mass is 491 g/mol. The molecule has 0 aliphatic rings. The standard InChI is InChI=1S/C30H18ClNS2/c31-25-17-21(18-29-30(25)23-11-5-7-13-27(23)34-29)32(19-8-2-1-3-9-19)20-14-15-28-24(16-20)22-10-4-6-12-26(22)33-28/h1-18H. The van der Waals surface area contributed by atoms with Gasteiger partial charge in [-0.15, -0.1) is 22.7 Å². The third kappa shape index (κ3) is 3.13. The van der Waals surface area contributed by atoms with Crippen LogP contribution >= 0.6 is 34.3 Å². The van der Waals surface area contributed by atoms with Crippen LogP contribution in [0.4, 0.5) is 17.1 Å². The number of hydrogen-bond acceptors (Lipinski definition) is 3. The number of benzene rings is 5. The van der Waals surface area contributed by atoms with Gasteiger partial charge in [-0.3, -0.25) is 0 Å². The number of halogens is 1. The van der Waals surface area contributed by atoms with Gasteiger partial charge in [0, 0.05) is 57.4 Å². The van der Waals surface area contributed by atoms with E-state index in [9.17, 15) is 0 Å². The van der Waals surface area contributed by atoms with Crippen molar-refractivity contribution in [2.24, 2.45) is 0 Å². The van der Waals surface area contributed by atoms with Gasteiger partial charge in [0.2, 0.25) is 0 Å². The van der Waals surface area contributed by atoms with Crippen LogP contribution in [0.5, 0.6) is 0 Å². The van der Waals surface area contributed by atoms with Crippen molar-refractivity contribution in [3.05, 3.63) is 114 Å². The normalized spacial score (nSPS) is 11.7. The number of nitrogens with zero attached hydrogens (tertiary/aromatic N) is 1. The second kappa shape index (κ2) is 7.85. The molecule has 2 aromatic heterocycles. The van der Waals surface area contributed by atoms with E-state index in [1.165, 1.54) is 35.0 Å². The summed E-state index contributed by atoms with van der Waals surface area (Å²) in [7, 11) is 0. The van der Waals surface area contributed by atoms with E-state index in [0.717, 1.165) is 27.5 Å². The number of hydrogen-bond donors (Lipinski definition) is 0. The van der Waals surface area contributed by atoms with Gasteiger partial charge in [0.05, 0.1) is 5.02 Å². The number of rotatable bonds is 3. The second-order valence-electron chi connectivity index (χ2n) is 8.35. The Labute approximate surface area is 210 Å². The molecule has 7 rings (SSSR count). The molecule has 0 radical (unpaired) electrons. The van der Waals surface area contributed by atoms with Crippen molar-refractivity contribution in [1.82, 2.24) is 0 Å². The van der Waals surface area contributed by atoms with E-state index in [2.05, 4.69) is 114 Å². The van der Waals surface area contributed by atoms with Gasteiger partial charge in [0.25, 0.3) is 0 Å². The number of thiophene rings is 2. The van der Waals surface area contributed by atoms with Gasteiger partial charge in [0.15, 0.2) is 0 Å². The molecule has 0 amide bonds. The first-order valence-corrected chi connectivity index (χ1v) is 13.1. The summed E-state index contributed by atoms with van der Waals surface area (Å²) < 4.78 is 5.08. The fourth-order valence-electron chi connectivity index (χ4n) is 4.80. The van der Waals surface area contributed by atoms with E-state index in [4.69, 9.17) is 11.6 Å². The highest BCUT2D eigenvalue weighted by Gasteiger charge is 2.18. The minimum atomic E-state index is 0.785. The molecule has 0 saturated carbocycles. The van der Waals surface area contributed by atoms with E-state index in [1.54, 1.807) is 11.3 Å². The van der Waals surface area contributed by atoms with Crippen LogP contribution in [0.3, 0.4) is 0 Å². The summed E-state index contributed by atoms with van der Waals surface area (Å²) in [5.74, 6) is 0. The summed E-state index contributed by atoms with van der Waals surface area (Å²) in [6, 6.07) is 38.8. The highest BCUT2D eigenvalue weighted by atomic mass is 35.5. The maximum absolute atomic E-state index is 6.94. The third-order valence-corrected chi connectivity index (χ3v) is 8.87. The Morgan fingerprint density at radius 3 is 1.94 bits per heavy atom. The Morgan fingerprint density at radius 2 is 1.12 bits per heavy atom. The molecular weight excluding hydrogens is 474 g/mol. The van der Waals surface area contributed by atoms with E-state index in [-0.39, 0.29) is 0 Å². The van der Waals surface area contributed by atoms with Crippen LogP contribution in [0.25, 0.3) is 40.3 Å². The van der Waals surface area contributed by atoms with Crippen molar-refractivity contribution in [3.63, 3.8) is 0 Å². The third-order valence-electron chi connectivity index (χ3n) is 6.31. The summed E-state index contributed by atoms with van der Waals surface area (Å²) in [6.07, 6.45) is 0. The topological polar surface area (TPSA) is 3.24 Å².